The van der Waals surface area contributed by atoms with E-state index >= 15 is 0 Å². The molecule has 24 heavy (non-hydrogen) atoms. The van der Waals surface area contributed by atoms with Gasteiger partial charge in [-0.25, -0.2) is 8.78 Å². The summed E-state index contributed by atoms with van der Waals surface area (Å²) in [5.74, 6) is -1.28. The number of carbonyl (C=O) groups excluding carboxylic acids is 1. The van der Waals surface area contributed by atoms with Crippen molar-refractivity contribution in [2.75, 3.05) is 12.4 Å². The lowest BCUT2D eigenvalue weighted by molar-refractivity contribution is -0.125. The number of hydrogen-bond acceptors (Lipinski definition) is 5. The monoisotopic (exact) mass is 333 g/mol. The maximum absolute atomic E-state index is 13.8. The molecule has 8 heteroatoms. The summed E-state index contributed by atoms with van der Waals surface area (Å²) >= 11 is 0. The number of benzene rings is 1. The maximum atomic E-state index is 13.8. The molecule has 3 rings (SSSR count). The van der Waals surface area contributed by atoms with Gasteiger partial charge >= 0.3 is 0 Å². The molecule has 1 aromatic carbocycles. The van der Waals surface area contributed by atoms with Crippen molar-refractivity contribution in [3.63, 3.8) is 0 Å². The Bertz CT molecular complexity index is 811. The number of methoxy groups -OCH3 is 1. The molecule has 6 nitrogen and oxygen atoms in total. The fourth-order valence-corrected chi connectivity index (χ4v) is 2.26. The number of nitrogens with one attached hydrogen (secondary N) is 1. The second-order valence-electron chi connectivity index (χ2n) is 5.03. The van der Waals surface area contributed by atoms with Gasteiger partial charge in [0.2, 0.25) is 6.10 Å². The van der Waals surface area contributed by atoms with Gasteiger partial charge in [0.25, 0.3) is 5.91 Å². The molecule has 1 aromatic heterocycles. The number of amides is 1. The molecule has 1 N–H and O–H groups in total. The van der Waals surface area contributed by atoms with Crippen molar-refractivity contribution >= 4 is 17.3 Å². The lowest BCUT2D eigenvalue weighted by Crippen LogP contribution is -2.28. The first-order valence-electron chi connectivity index (χ1n) is 7.05. The van der Waals surface area contributed by atoms with E-state index in [0.29, 0.717) is 11.4 Å². The Hall–Kier alpha value is -3.03. The fourth-order valence-electron chi connectivity index (χ4n) is 2.26. The van der Waals surface area contributed by atoms with E-state index in [9.17, 15) is 13.6 Å². The Labute approximate surface area is 136 Å². The van der Waals surface area contributed by atoms with E-state index in [2.05, 4.69) is 15.5 Å². The van der Waals surface area contributed by atoms with Crippen LogP contribution in [0.5, 0.6) is 5.75 Å². The number of nitrogens with zero attached hydrogens (tertiary/aromatic N) is 2. The van der Waals surface area contributed by atoms with Crippen LogP contribution in [-0.2, 0) is 9.63 Å². The molecule has 0 spiro atoms. The van der Waals surface area contributed by atoms with E-state index in [1.165, 1.54) is 19.5 Å². The Morgan fingerprint density at radius 3 is 3.00 bits per heavy atom. The molecule has 1 aliphatic heterocycles. The van der Waals surface area contributed by atoms with Gasteiger partial charge in [-0.05, 0) is 18.2 Å². The largest absolute Gasteiger partial charge is 0.494 e. The molecule has 2 heterocycles. The summed E-state index contributed by atoms with van der Waals surface area (Å²) in [4.78, 5) is 21.2. The number of pyridine rings is 1. The lowest BCUT2D eigenvalue weighted by Gasteiger charge is -2.11. The molecule has 2 aromatic rings. The predicted molar refractivity (Wildman–Crippen MR) is 81.8 cm³/mol. The fraction of sp³-hybridized carbons (Fsp3) is 0.188. The van der Waals surface area contributed by atoms with Crippen molar-refractivity contribution in [2.45, 2.75) is 12.5 Å². The summed E-state index contributed by atoms with van der Waals surface area (Å²) in [7, 11) is 1.46. The summed E-state index contributed by atoms with van der Waals surface area (Å²) in [5.41, 5.74) is 0.522. The maximum Gasteiger partial charge on any atom is 0.268 e. The van der Waals surface area contributed by atoms with Gasteiger partial charge in [0, 0.05) is 24.2 Å². The summed E-state index contributed by atoms with van der Waals surface area (Å²) in [5, 5.41) is 6.31. The molecule has 1 amide bonds. The summed E-state index contributed by atoms with van der Waals surface area (Å²) < 4.78 is 32.1. The van der Waals surface area contributed by atoms with Gasteiger partial charge in [0.15, 0.2) is 0 Å². The highest BCUT2D eigenvalue weighted by atomic mass is 19.1. The van der Waals surface area contributed by atoms with E-state index < -0.39 is 23.6 Å². The predicted octanol–water partition coefficient (Wildman–Crippen LogP) is 2.50. The van der Waals surface area contributed by atoms with Crippen molar-refractivity contribution in [2.24, 2.45) is 5.16 Å². The minimum absolute atomic E-state index is 0.0226. The van der Waals surface area contributed by atoms with Gasteiger partial charge in [0.05, 0.1) is 19.0 Å². The van der Waals surface area contributed by atoms with Gasteiger partial charge in [-0.1, -0.05) is 5.16 Å². The first-order valence-corrected chi connectivity index (χ1v) is 7.05. The van der Waals surface area contributed by atoms with Gasteiger partial charge in [0.1, 0.15) is 23.1 Å². The van der Waals surface area contributed by atoms with Crippen molar-refractivity contribution < 1.29 is 23.1 Å². The van der Waals surface area contributed by atoms with Gasteiger partial charge in [-0.2, -0.15) is 0 Å². The van der Waals surface area contributed by atoms with E-state index in [0.717, 1.165) is 18.2 Å². The Kier molecular flexibility index (Phi) is 4.37. The molecule has 124 valence electrons. The SMILES string of the molecule is COc1ccncc1NC(=O)C1CC(c2cc(F)ccc2F)=NO1. The van der Waals surface area contributed by atoms with Crippen LogP contribution >= 0.6 is 0 Å². The smallest absolute Gasteiger partial charge is 0.268 e. The summed E-state index contributed by atoms with van der Waals surface area (Å²) in [6.45, 7) is 0. The van der Waals surface area contributed by atoms with E-state index in [1.54, 1.807) is 6.07 Å². The quantitative estimate of drug-likeness (QED) is 0.933. The number of anilines is 1. The third kappa shape index (κ3) is 3.17. The third-order valence-electron chi connectivity index (χ3n) is 3.46. The first-order chi connectivity index (χ1) is 11.6. The van der Waals surface area contributed by atoms with Crippen molar-refractivity contribution in [1.82, 2.24) is 4.98 Å². The average molecular weight is 333 g/mol. The second kappa shape index (κ2) is 6.61. The number of rotatable bonds is 4. The molecule has 0 saturated heterocycles. The lowest BCUT2D eigenvalue weighted by atomic mass is 10.0. The molecular weight excluding hydrogens is 320 g/mol. The molecule has 1 unspecified atom stereocenters. The molecule has 1 atom stereocenters. The number of aromatic nitrogens is 1. The van der Waals surface area contributed by atoms with Crippen LogP contribution in [0.2, 0.25) is 0 Å². The number of halogens is 2. The summed E-state index contributed by atoms with van der Waals surface area (Å²) in [6, 6.07) is 4.62. The third-order valence-corrected chi connectivity index (χ3v) is 3.46. The van der Waals surface area contributed by atoms with Gasteiger partial charge in [-0.15, -0.1) is 0 Å². The molecular formula is C16H13F2N3O3. The van der Waals surface area contributed by atoms with Crippen LogP contribution in [0.25, 0.3) is 0 Å². The highest BCUT2D eigenvalue weighted by Gasteiger charge is 2.30. The van der Waals surface area contributed by atoms with Gasteiger partial charge < -0.3 is 14.9 Å². The number of oxime groups is 1. The van der Waals surface area contributed by atoms with E-state index in [1.807, 2.05) is 0 Å². The first kappa shape index (κ1) is 15.9. The zero-order valence-corrected chi connectivity index (χ0v) is 12.6. The molecule has 0 aliphatic carbocycles. The average Bonchev–Trinajstić information content (AvgIpc) is 3.07. The number of ether oxygens (including phenoxy) is 1. The van der Waals surface area contributed by atoms with E-state index in [4.69, 9.17) is 9.57 Å². The minimum Gasteiger partial charge on any atom is -0.494 e. The minimum atomic E-state index is -0.951. The van der Waals surface area contributed by atoms with Crippen molar-refractivity contribution in [3.05, 3.63) is 53.9 Å². The van der Waals surface area contributed by atoms with Crippen LogP contribution in [0.4, 0.5) is 14.5 Å². The van der Waals surface area contributed by atoms with Crippen LogP contribution in [0.1, 0.15) is 12.0 Å². The van der Waals surface area contributed by atoms with E-state index in [-0.39, 0.29) is 17.7 Å². The van der Waals surface area contributed by atoms with Crippen LogP contribution in [0, 0.1) is 11.6 Å². The van der Waals surface area contributed by atoms with Crippen LogP contribution in [0.3, 0.4) is 0 Å². The second-order valence-corrected chi connectivity index (χ2v) is 5.03. The van der Waals surface area contributed by atoms with Crippen LogP contribution in [-0.4, -0.2) is 29.8 Å². The topological polar surface area (TPSA) is 72.8 Å². The van der Waals surface area contributed by atoms with Gasteiger partial charge in [-0.3, -0.25) is 9.78 Å². The number of carbonyl (C=O) groups is 1. The molecule has 0 fully saturated rings. The van der Waals surface area contributed by atoms with Crippen molar-refractivity contribution in [1.29, 1.82) is 0 Å². The zero-order valence-electron chi connectivity index (χ0n) is 12.6. The molecule has 0 saturated carbocycles. The zero-order chi connectivity index (χ0) is 17.1. The number of hydrogen-bond donors (Lipinski definition) is 1. The Morgan fingerprint density at radius 1 is 1.38 bits per heavy atom. The Balaban J connectivity index is 1.70. The van der Waals surface area contributed by atoms with Crippen molar-refractivity contribution in [3.8, 4) is 5.75 Å². The highest BCUT2D eigenvalue weighted by Crippen LogP contribution is 2.24. The normalized spacial score (nSPS) is 16.3. The summed E-state index contributed by atoms with van der Waals surface area (Å²) in [6.07, 6.45) is 2.02. The Morgan fingerprint density at radius 2 is 2.21 bits per heavy atom. The van der Waals surface area contributed by atoms with Crippen LogP contribution in [0.15, 0.2) is 41.8 Å². The molecule has 0 radical (unpaired) electrons. The highest BCUT2D eigenvalue weighted by molar-refractivity contribution is 6.06. The standard InChI is InChI=1S/C16H13F2N3O3/c1-23-14-4-5-19-8-13(14)20-16(22)15-7-12(21-24-15)10-6-9(17)2-3-11(10)18/h2-6,8,15H,7H2,1H3,(H,20,22). The van der Waals surface area contributed by atoms with Crippen LogP contribution < -0.4 is 10.1 Å². The molecule has 0 bridgehead atoms. The molecule has 1 aliphatic rings.